The van der Waals surface area contributed by atoms with Gasteiger partial charge < -0.3 is 136 Å². The van der Waals surface area contributed by atoms with Crippen molar-refractivity contribution in [2.45, 2.75) is 192 Å². The number of carboxylic acids is 2. The van der Waals surface area contributed by atoms with Crippen LogP contribution in [0.4, 0.5) is 0 Å². The van der Waals surface area contributed by atoms with Crippen molar-refractivity contribution in [1.82, 2.24) is 13.7 Å². The van der Waals surface area contributed by atoms with Gasteiger partial charge in [0.1, 0.15) is 150 Å². The second-order valence-electron chi connectivity index (χ2n) is 20.6. The summed E-state index contributed by atoms with van der Waals surface area (Å²) in [7, 11) is -14.6. The molecule has 0 bridgehead atoms. The van der Waals surface area contributed by atoms with E-state index in [1.807, 2.05) is 0 Å². The van der Waals surface area contributed by atoms with Crippen LogP contribution in [0.2, 0.25) is 0 Å². The zero-order valence-electron chi connectivity index (χ0n) is 69.3. The number of methoxy groups -OCH3 is 5. The van der Waals surface area contributed by atoms with E-state index < -0.39 is 250 Å². The molecule has 594 valence electrons. The molecule has 11 unspecified atom stereocenters. The van der Waals surface area contributed by atoms with Crippen LogP contribution in [0.1, 0.15) is 44.2 Å². The second-order valence-corrected chi connectivity index (χ2v) is 26.5. The van der Waals surface area contributed by atoms with Gasteiger partial charge in [-0.2, -0.15) is 13.0 Å². The third kappa shape index (κ3) is 36.5. The number of carbonyl (C=O) groups excluding carboxylic acids is 2. The first-order chi connectivity index (χ1) is 49.8. The summed E-state index contributed by atoms with van der Waals surface area (Å²) in [6.45, 7) is -1.86. The Morgan fingerprint density at radius 3 is 1.65 bits per heavy atom. The molecule has 0 amide bonds. The molecule has 5 aliphatic heterocycles. The summed E-state index contributed by atoms with van der Waals surface area (Å²) in [5, 5.41) is 125. The maximum atomic E-state index is 13.7. The van der Waals surface area contributed by atoms with Crippen molar-refractivity contribution in [2.24, 2.45) is 0 Å². The molecule has 70 heteroatoms. The summed E-state index contributed by atoms with van der Waals surface area (Å²) < 4.78 is 306. The summed E-state index contributed by atoms with van der Waals surface area (Å²) in [5.74, 6) is -5.17. The number of carboxylic acid groups (broad SMARTS) is 2. The molecular formula is C41H63N3Na10O49S8. The molecule has 0 aromatic heterocycles. The summed E-state index contributed by atoms with van der Waals surface area (Å²) in [4.78, 5) is 27.3. The van der Waals surface area contributed by atoms with Gasteiger partial charge in [-0.15, -0.1) is 8.67 Å². The number of hydrogen-bond acceptors (Lipinski definition) is 57. The van der Waals surface area contributed by atoms with Crippen molar-refractivity contribution < 1.29 is 534 Å². The summed E-state index contributed by atoms with van der Waals surface area (Å²) in [6.07, 6.45) is -59.1. The largest absolute Gasteiger partial charge is 1.00 e. The molecule has 52 nitrogen and oxygen atoms in total. The Bertz CT molecular complexity index is 3350. The second kappa shape index (κ2) is 61.5. The SMILES string of the molecule is [2H]C1(NSOO[O-])C([2H])(OC)[C@]([2H])(O[C@@H]2OC(C(=O)[O-])[C@@](C)(O[C@H]3OC(C(C)OS(=O)(=O)[O-])[C@@](C)(O[C@@H]4O[C@@H](C(=O)[O-])[C@@H](O[C@H]5O[C@@H](COSOO[O-])[C@@H](OC)C(C)(OC)C5N(C)SOO[O-])C(C)(O)C4OC)[C@H](OSOO[O-])C3NSOO[O-])[C@@H](O)C2OS(=O)(=O)[O-])[C@]([2H])(C([2H])([2H])OS(=O)(=O)[O-])O[C@]1([2H])OC.[Na+].[Na+].[Na+].[Na+].[Na+].[Na+].[Na+].[Na+].[Na+].[Na+]. The van der Waals surface area contributed by atoms with Crippen molar-refractivity contribution in [2.75, 3.05) is 55.8 Å². The molecule has 0 saturated carbocycles. The minimum atomic E-state index is -6.66. The molecule has 5 fully saturated rings. The van der Waals surface area contributed by atoms with Crippen molar-refractivity contribution in [3.05, 3.63) is 0 Å². The van der Waals surface area contributed by atoms with E-state index in [4.69, 9.17) is 83.0 Å². The van der Waals surface area contributed by atoms with E-state index in [0.717, 1.165) is 39.5 Å². The fraction of sp³-hybridized carbons (Fsp3) is 0.951. The fourth-order valence-electron chi connectivity index (χ4n) is 10.9. The first-order valence-electron chi connectivity index (χ1n) is 30.0. The molecule has 111 heavy (non-hydrogen) atoms. The first-order valence-corrected chi connectivity index (χ1v) is 34.0. The smallest absolute Gasteiger partial charge is 0.726 e. The Morgan fingerprint density at radius 2 is 1.16 bits per heavy atom. The summed E-state index contributed by atoms with van der Waals surface area (Å²) in [5.41, 5.74) is -11.7. The Balaban J connectivity index is -0.00000314. The van der Waals surface area contributed by atoms with Crippen LogP contribution in [0.5, 0.6) is 0 Å². The number of aliphatic hydroxyl groups excluding tert-OH is 1. The molecular weight excluding hydrogens is 1800 g/mol. The van der Waals surface area contributed by atoms with Gasteiger partial charge in [0.05, 0.1) is 40.7 Å². The number of carbonyl (C=O) groups is 2. The summed E-state index contributed by atoms with van der Waals surface area (Å²) in [6, 6.07) is -8.27. The molecule has 0 aliphatic carbocycles. The van der Waals surface area contributed by atoms with Gasteiger partial charge in [-0.3, -0.25) is 46.1 Å². The van der Waals surface area contributed by atoms with Gasteiger partial charge in [0.25, 0.3) is 0 Å². The molecule has 0 aromatic carbocycles. The molecule has 26 atom stereocenters. The van der Waals surface area contributed by atoms with Crippen LogP contribution >= 0.6 is 61.3 Å². The molecule has 5 heterocycles. The van der Waals surface area contributed by atoms with Gasteiger partial charge in [0.15, 0.2) is 62.2 Å². The Labute approximate surface area is 886 Å². The third-order valence-corrected chi connectivity index (χ3v) is 18.3. The van der Waals surface area contributed by atoms with Crippen LogP contribution in [0.3, 0.4) is 0 Å². The summed E-state index contributed by atoms with van der Waals surface area (Å²) >= 11 is -1.52. The average Bonchev–Trinajstić information content (AvgIpc) is 0.662. The zero-order chi connectivity index (χ0) is 82.2. The van der Waals surface area contributed by atoms with Crippen LogP contribution in [-0.4, -0.2) is 278 Å². The predicted octanol–water partition coefficient (Wildman–Crippen LogP) is -42.6. The molecule has 5 rings (SSSR count). The van der Waals surface area contributed by atoms with Gasteiger partial charge in [0.2, 0.25) is 31.2 Å². The average molecular weight is 1880 g/mol. The van der Waals surface area contributed by atoms with E-state index in [1.165, 1.54) is 14.0 Å². The Hall–Kier alpha value is 8.86. The number of aliphatic hydroxyl groups is 2. The maximum Gasteiger partial charge on any atom is 1.00 e. The number of nitrogens with one attached hydrogen (secondary N) is 2. The topological polar surface area (TPSA) is 703 Å². The minimum absolute atomic E-state index is 0. The van der Waals surface area contributed by atoms with Crippen LogP contribution < -0.4 is 342 Å². The maximum absolute atomic E-state index is 13.7. The van der Waals surface area contributed by atoms with Crippen molar-refractivity contribution in [3.8, 4) is 0 Å². The number of ether oxygens (including phenoxy) is 14. The quantitative estimate of drug-likeness (QED) is 0.00643. The van der Waals surface area contributed by atoms with E-state index >= 15 is 0 Å². The molecule has 4 N–H and O–H groups in total. The van der Waals surface area contributed by atoms with E-state index in [0.29, 0.717) is 21.0 Å². The normalized spacial score (nSPS) is 39.5. The standard InChI is InChI=1S/C41H73N3O49S8.10Na/c1-14(82-100(59,60)61)25-41(5,80-37-30(67-9)38(2,50)28(22(75-37)31(46)47)77-36-23(44(6)96-91-86-53)39(3,69-11)26(66-8)16(73-36)12-70-97-92-87-54)27(81-98-93-88-55)18(43-95-90-85-52)34(76-25)79-40(4)24(45)21(83-101(62,63)64)35(78-29(40)32(48)49)74-19-15(13-71-99(56,57)58)72-33(68-10)17(20(19)65-7)42-94-89-84-51;;;;;;;;;;/h14-30,33-37,42-43,45,50-55H,12-13H2,1-11H3,(H,46,47)(H,48,49)(H,56,57,58)(H,59,60,61)(H,62,63,64);;;;;;;;;;/q;10*+1/p-10/t14?,15-,16-,17?,18?,19+,20?,21?,22+,23?,24-,25?,26+,27+,28+,29?,30?,33-,34+,35+,36+,37-,38?,39?,40-,41+;;;;;;;;;;/m0........../s1/i13D2,15D,17D,19D,20D,33D;;;;;;;;;;. The van der Waals surface area contributed by atoms with Gasteiger partial charge in [-0.1, -0.05) is 0 Å². The van der Waals surface area contributed by atoms with Gasteiger partial charge in [0, 0.05) is 42.6 Å². The van der Waals surface area contributed by atoms with Gasteiger partial charge in [-0.25, -0.2) is 39.0 Å². The van der Waals surface area contributed by atoms with Gasteiger partial charge in [-0.05, 0) is 34.6 Å². The van der Waals surface area contributed by atoms with E-state index in [9.17, 15) is 101 Å². The Morgan fingerprint density at radius 1 is 0.613 bits per heavy atom. The van der Waals surface area contributed by atoms with Crippen LogP contribution in [-0.2, 0) is 175 Å². The van der Waals surface area contributed by atoms with E-state index in [2.05, 4.69) is 59.9 Å². The van der Waals surface area contributed by atoms with Crippen molar-refractivity contribution >= 4 is 104 Å². The Kier molecular flexibility index (Phi) is 64.2. The predicted molar refractivity (Wildman–Crippen MR) is 289 cm³/mol. The number of aliphatic carboxylic acids is 2. The molecule has 5 aliphatic rings. The first kappa shape index (κ1) is 116. The van der Waals surface area contributed by atoms with Crippen LogP contribution in [0.25, 0.3) is 0 Å². The molecule has 0 radical (unpaired) electrons. The van der Waals surface area contributed by atoms with Crippen molar-refractivity contribution in [3.63, 3.8) is 0 Å². The zero-order valence-corrected chi connectivity index (χ0v) is 88.8. The molecule has 0 spiro atoms. The number of likely N-dealkylation sites (N-methyl/N-ethyl adjacent to an activating group) is 1. The van der Waals surface area contributed by atoms with Gasteiger partial charge >= 0.3 is 296 Å². The monoisotopic (exact) mass is 1870 g/mol. The van der Waals surface area contributed by atoms with Crippen molar-refractivity contribution in [1.29, 1.82) is 0 Å². The van der Waals surface area contributed by atoms with Crippen LogP contribution in [0, 0.1) is 0 Å². The van der Waals surface area contributed by atoms with E-state index in [1.54, 1.807) is 4.72 Å². The molecule has 0 aromatic rings. The number of nitrogens with zero attached hydrogens (tertiary/aromatic N) is 1. The van der Waals surface area contributed by atoms with E-state index in [-0.39, 0.29) is 327 Å². The minimum Gasteiger partial charge on any atom is -0.726 e. The number of rotatable bonds is 44. The fourth-order valence-corrected chi connectivity index (χ4v) is 13.9. The molecule has 5 saturated heterocycles. The number of hydrogen-bond donors (Lipinski definition) is 4. The third-order valence-electron chi connectivity index (χ3n) is 14.8. The van der Waals surface area contributed by atoms with Crippen LogP contribution in [0.15, 0.2) is 0 Å².